The summed E-state index contributed by atoms with van der Waals surface area (Å²) in [6.07, 6.45) is 2.12. The average Bonchev–Trinajstić information content (AvgIpc) is 3.23. The number of hydrogen-bond acceptors (Lipinski definition) is 3. The second kappa shape index (κ2) is 8.97. The van der Waals surface area contributed by atoms with Gasteiger partial charge in [0.25, 0.3) is 0 Å². The lowest BCUT2D eigenvalue weighted by Crippen LogP contribution is -2.18. The van der Waals surface area contributed by atoms with Crippen LogP contribution in [0.1, 0.15) is 29.7 Å². The Labute approximate surface area is 178 Å². The summed E-state index contributed by atoms with van der Waals surface area (Å²) in [6.45, 7) is 4.96. The molecule has 4 rings (SSSR count). The van der Waals surface area contributed by atoms with Crippen molar-refractivity contribution in [3.8, 4) is 22.7 Å². The zero-order valence-electron chi connectivity index (χ0n) is 17.7. The summed E-state index contributed by atoms with van der Waals surface area (Å²) in [5.74, 6) is 0.899. The van der Waals surface area contributed by atoms with E-state index >= 15 is 0 Å². The predicted molar refractivity (Wildman–Crippen MR) is 122 cm³/mol. The quantitative estimate of drug-likeness (QED) is 0.434. The number of nitrogens with one attached hydrogen (secondary N) is 1. The number of aryl methyl sites for hydroxylation is 1. The second-order valence-electron chi connectivity index (χ2n) is 7.49. The molecular formula is C26H27N3O. The molecule has 0 spiro atoms. The molecule has 0 saturated carbocycles. The maximum Gasteiger partial charge on any atom is 0.123 e. The zero-order chi connectivity index (χ0) is 20.9. The average molecular weight is 398 g/mol. The van der Waals surface area contributed by atoms with E-state index in [4.69, 9.17) is 9.84 Å². The van der Waals surface area contributed by atoms with E-state index in [1.165, 1.54) is 5.56 Å². The standard InChI is InChI=1S/C26H27N3O/c1-19-13-15-21(16-14-19)26-22(18-29(28-26)23-9-5-4-6-10-23)17-27-20(2)24-11-7-8-12-25(24)30-3/h4-16,18,20,27H,17H2,1-3H3/t20-/m0/s1. The van der Waals surface area contributed by atoms with E-state index in [1.54, 1.807) is 7.11 Å². The van der Waals surface area contributed by atoms with Crippen LogP contribution in [0.15, 0.2) is 85.1 Å². The number of methoxy groups -OCH3 is 1. The van der Waals surface area contributed by atoms with Crippen LogP contribution < -0.4 is 10.1 Å². The van der Waals surface area contributed by atoms with Crippen molar-refractivity contribution in [2.75, 3.05) is 7.11 Å². The van der Waals surface area contributed by atoms with Gasteiger partial charge in [0.05, 0.1) is 18.5 Å². The molecule has 1 aromatic heterocycles. The van der Waals surface area contributed by atoms with E-state index in [9.17, 15) is 0 Å². The first kappa shape index (κ1) is 19.9. The fraction of sp³-hybridized carbons (Fsp3) is 0.192. The monoisotopic (exact) mass is 397 g/mol. The van der Waals surface area contributed by atoms with Crippen LogP contribution in [0.25, 0.3) is 16.9 Å². The van der Waals surface area contributed by atoms with Crippen molar-refractivity contribution in [1.82, 2.24) is 15.1 Å². The molecule has 4 heteroatoms. The summed E-state index contributed by atoms with van der Waals surface area (Å²) in [7, 11) is 1.71. The number of aromatic nitrogens is 2. The Hall–Kier alpha value is -3.37. The van der Waals surface area contributed by atoms with Crippen molar-refractivity contribution in [2.45, 2.75) is 26.4 Å². The van der Waals surface area contributed by atoms with Gasteiger partial charge in [0.2, 0.25) is 0 Å². The summed E-state index contributed by atoms with van der Waals surface area (Å²) >= 11 is 0. The third-order valence-electron chi connectivity index (χ3n) is 5.34. The molecule has 0 fully saturated rings. The smallest absolute Gasteiger partial charge is 0.123 e. The Morgan fingerprint density at radius 2 is 1.63 bits per heavy atom. The van der Waals surface area contributed by atoms with Crippen molar-refractivity contribution in [2.24, 2.45) is 0 Å². The molecule has 152 valence electrons. The first-order valence-corrected chi connectivity index (χ1v) is 10.2. The third-order valence-corrected chi connectivity index (χ3v) is 5.34. The van der Waals surface area contributed by atoms with Crippen LogP contribution in [0, 0.1) is 6.92 Å². The molecule has 4 aromatic rings. The molecule has 0 aliphatic heterocycles. The second-order valence-corrected chi connectivity index (χ2v) is 7.49. The Balaban J connectivity index is 1.64. The summed E-state index contributed by atoms with van der Waals surface area (Å²) in [6, 6.07) is 27.0. The van der Waals surface area contributed by atoms with Crippen molar-refractivity contribution >= 4 is 0 Å². The van der Waals surface area contributed by atoms with E-state index in [2.05, 4.69) is 67.8 Å². The van der Waals surface area contributed by atoms with Gasteiger partial charge >= 0.3 is 0 Å². The fourth-order valence-electron chi connectivity index (χ4n) is 3.60. The number of hydrogen-bond donors (Lipinski definition) is 1. The van der Waals surface area contributed by atoms with Crippen LogP contribution in [0.4, 0.5) is 0 Å². The Morgan fingerprint density at radius 1 is 0.933 bits per heavy atom. The van der Waals surface area contributed by atoms with E-state index in [0.717, 1.165) is 33.8 Å². The maximum absolute atomic E-state index is 5.53. The lowest BCUT2D eigenvalue weighted by molar-refractivity contribution is 0.401. The highest BCUT2D eigenvalue weighted by Gasteiger charge is 2.15. The molecule has 4 nitrogen and oxygen atoms in total. The van der Waals surface area contributed by atoms with Crippen molar-refractivity contribution in [3.05, 3.63) is 102 Å². The molecule has 0 bridgehead atoms. The minimum absolute atomic E-state index is 0.145. The van der Waals surface area contributed by atoms with Crippen LogP contribution in [-0.4, -0.2) is 16.9 Å². The number of benzene rings is 3. The topological polar surface area (TPSA) is 39.1 Å². The maximum atomic E-state index is 5.53. The SMILES string of the molecule is COc1ccccc1[C@H](C)NCc1cn(-c2ccccc2)nc1-c1ccc(C)cc1. The molecular weight excluding hydrogens is 370 g/mol. The van der Waals surface area contributed by atoms with Gasteiger partial charge in [-0.05, 0) is 32.0 Å². The molecule has 1 heterocycles. The van der Waals surface area contributed by atoms with Gasteiger partial charge in [-0.15, -0.1) is 0 Å². The minimum Gasteiger partial charge on any atom is -0.496 e. The van der Waals surface area contributed by atoms with Crippen LogP contribution in [0.2, 0.25) is 0 Å². The van der Waals surface area contributed by atoms with E-state index < -0.39 is 0 Å². The predicted octanol–water partition coefficient (Wildman–Crippen LogP) is 5.71. The van der Waals surface area contributed by atoms with E-state index in [-0.39, 0.29) is 6.04 Å². The Bertz CT molecular complexity index is 1100. The molecule has 0 aliphatic carbocycles. The number of nitrogens with zero attached hydrogens (tertiary/aromatic N) is 2. The van der Waals surface area contributed by atoms with Gasteiger partial charge in [0.15, 0.2) is 0 Å². The van der Waals surface area contributed by atoms with Gasteiger partial charge in [-0.2, -0.15) is 5.10 Å². The van der Waals surface area contributed by atoms with E-state index in [0.29, 0.717) is 6.54 Å². The number of para-hydroxylation sites is 2. The van der Waals surface area contributed by atoms with Gasteiger partial charge < -0.3 is 10.1 Å². The Morgan fingerprint density at radius 3 is 2.37 bits per heavy atom. The van der Waals surface area contributed by atoms with Gasteiger partial charge in [0.1, 0.15) is 5.75 Å². The van der Waals surface area contributed by atoms with Crippen molar-refractivity contribution in [1.29, 1.82) is 0 Å². The summed E-state index contributed by atoms with van der Waals surface area (Å²) in [5.41, 5.74) is 6.72. The lowest BCUT2D eigenvalue weighted by atomic mass is 10.0. The van der Waals surface area contributed by atoms with Gasteiger partial charge in [-0.25, -0.2) is 4.68 Å². The Kier molecular flexibility index (Phi) is 5.96. The molecule has 0 radical (unpaired) electrons. The molecule has 0 aliphatic rings. The lowest BCUT2D eigenvalue weighted by Gasteiger charge is -2.17. The third kappa shape index (κ3) is 4.29. The van der Waals surface area contributed by atoms with Gasteiger partial charge in [0, 0.05) is 35.5 Å². The largest absolute Gasteiger partial charge is 0.496 e. The van der Waals surface area contributed by atoms with Gasteiger partial charge in [-0.3, -0.25) is 0 Å². The highest BCUT2D eigenvalue weighted by molar-refractivity contribution is 5.63. The first-order chi connectivity index (χ1) is 14.7. The number of ether oxygens (including phenoxy) is 1. The summed E-state index contributed by atoms with van der Waals surface area (Å²) in [5, 5.41) is 8.56. The van der Waals surface area contributed by atoms with Crippen LogP contribution >= 0.6 is 0 Å². The molecule has 1 N–H and O–H groups in total. The van der Waals surface area contributed by atoms with Crippen LogP contribution in [0.5, 0.6) is 5.75 Å². The number of rotatable bonds is 7. The van der Waals surface area contributed by atoms with Gasteiger partial charge in [-0.1, -0.05) is 66.2 Å². The summed E-state index contributed by atoms with van der Waals surface area (Å²) in [4.78, 5) is 0. The first-order valence-electron chi connectivity index (χ1n) is 10.2. The van der Waals surface area contributed by atoms with Crippen LogP contribution in [-0.2, 0) is 6.54 Å². The van der Waals surface area contributed by atoms with Crippen LogP contribution in [0.3, 0.4) is 0 Å². The van der Waals surface area contributed by atoms with Crippen molar-refractivity contribution < 1.29 is 4.74 Å². The highest BCUT2D eigenvalue weighted by Crippen LogP contribution is 2.27. The normalized spacial score (nSPS) is 12.0. The molecule has 0 amide bonds. The van der Waals surface area contributed by atoms with E-state index in [1.807, 2.05) is 41.1 Å². The summed E-state index contributed by atoms with van der Waals surface area (Å²) < 4.78 is 7.49. The minimum atomic E-state index is 0.145. The molecule has 0 saturated heterocycles. The zero-order valence-corrected chi connectivity index (χ0v) is 17.7. The fourth-order valence-corrected chi connectivity index (χ4v) is 3.60. The molecule has 1 atom stereocenters. The molecule has 0 unspecified atom stereocenters. The molecule has 30 heavy (non-hydrogen) atoms. The molecule has 3 aromatic carbocycles. The van der Waals surface area contributed by atoms with Crippen molar-refractivity contribution in [3.63, 3.8) is 0 Å². The highest BCUT2D eigenvalue weighted by atomic mass is 16.5.